The van der Waals surface area contributed by atoms with Gasteiger partial charge in [0.05, 0.1) is 0 Å². The lowest BCUT2D eigenvalue weighted by atomic mass is 10.1. The highest BCUT2D eigenvalue weighted by atomic mass is 79.9. The lowest BCUT2D eigenvalue weighted by Gasteiger charge is -2.15. The van der Waals surface area contributed by atoms with E-state index in [4.69, 9.17) is 10.3 Å². The molecular weight excluding hydrogens is 403 g/mol. The summed E-state index contributed by atoms with van der Waals surface area (Å²) in [5, 5.41) is 0.705. The highest BCUT2D eigenvalue weighted by Crippen LogP contribution is 2.33. The van der Waals surface area contributed by atoms with Gasteiger partial charge in [-0.3, -0.25) is 5.84 Å². The number of fused-ring (bicyclic) bond motifs is 1. The monoisotopic (exact) mass is 412 g/mol. The third kappa shape index (κ3) is 2.89. The summed E-state index contributed by atoms with van der Waals surface area (Å²) in [6, 6.07) is 11.7. The van der Waals surface area contributed by atoms with Gasteiger partial charge >= 0.3 is 0 Å². The first-order valence-corrected chi connectivity index (χ1v) is 7.77. The maximum Gasteiger partial charge on any atom is 0.134 e. The Kier molecular flexibility index (Phi) is 4.12. The van der Waals surface area contributed by atoms with Crippen molar-refractivity contribution in [1.29, 1.82) is 0 Å². The van der Waals surface area contributed by atoms with Crippen molar-refractivity contribution in [3.8, 4) is 0 Å². The number of benzene rings is 2. The largest absolute Gasteiger partial charge is 0.459 e. The number of furan rings is 1. The van der Waals surface area contributed by atoms with Crippen molar-refractivity contribution in [2.24, 2.45) is 5.84 Å². The van der Waals surface area contributed by atoms with Crippen molar-refractivity contribution >= 4 is 42.8 Å². The van der Waals surface area contributed by atoms with Crippen LogP contribution in [0.4, 0.5) is 4.39 Å². The first-order chi connectivity index (χ1) is 10.1. The maximum atomic E-state index is 13.3. The molecule has 3 rings (SSSR count). The Morgan fingerprint density at radius 1 is 1.10 bits per heavy atom. The molecule has 3 aromatic rings. The Balaban J connectivity index is 2.11. The van der Waals surface area contributed by atoms with Crippen LogP contribution in [-0.4, -0.2) is 0 Å². The van der Waals surface area contributed by atoms with Crippen LogP contribution in [-0.2, 0) is 0 Å². The molecule has 0 spiro atoms. The molecule has 6 heteroatoms. The number of nitrogens with two attached hydrogens (primary N) is 1. The van der Waals surface area contributed by atoms with E-state index in [1.165, 1.54) is 12.1 Å². The van der Waals surface area contributed by atoms with Crippen molar-refractivity contribution < 1.29 is 8.81 Å². The molecule has 0 radical (unpaired) electrons. The predicted octanol–water partition coefficient (Wildman–Crippen LogP) is 4.65. The molecular formula is C15H11Br2FN2O. The van der Waals surface area contributed by atoms with Crippen LogP contribution in [0.1, 0.15) is 17.4 Å². The first-order valence-electron chi connectivity index (χ1n) is 6.18. The molecule has 0 saturated carbocycles. The van der Waals surface area contributed by atoms with Crippen LogP contribution < -0.4 is 11.3 Å². The molecule has 3 nitrogen and oxygen atoms in total. The minimum atomic E-state index is -0.340. The number of hydrazine groups is 1. The molecule has 1 unspecified atom stereocenters. The minimum Gasteiger partial charge on any atom is -0.459 e. The van der Waals surface area contributed by atoms with Crippen molar-refractivity contribution in [2.75, 3.05) is 0 Å². The molecule has 1 aromatic heterocycles. The van der Waals surface area contributed by atoms with Crippen LogP contribution in [0.15, 0.2) is 55.8 Å². The normalized spacial score (nSPS) is 12.8. The molecule has 0 aliphatic carbocycles. The van der Waals surface area contributed by atoms with E-state index in [1.807, 2.05) is 18.2 Å². The summed E-state index contributed by atoms with van der Waals surface area (Å²) in [6.45, 7) is 0. The van der Waals surface area contributed by atoms with Crippen LogP contribution in [0.5, 0.6) is 0 Å². The lowest BCUT2D eigenvalue weighted by Crippen LogP contribution is -2.28. The van der Waals surface area contributed by atoms with Gasteiger partial charge in [0.15, 0.2) is 0 Å². The summed E-state index contributed by atoms with van der Waals surface area (Å²) in [5.74, 6) is 6.01. The van der Waals surface area contributed by atoms with Gasteiger partial charge in [0.2, 0.25) is 0 Å². The second-order valence-corrected chi connectivity index (χ2v) is 6.37. The van der Waals surface area contributed by atoms with Gasteiger partial charge in [0.1, 0.15) is 23.2 Å². The summed E-state index contributed by atoms with van der Waals surface area (Å²) in [7, 11) is 0. The standard InChI is InChI=1S/C15H11Br2FN2O/c16-9-1-3-12(17)11(7-9)15(20-19)14-6-8-5-10(18)2-4-13(8)21-14/h1-7,15,20H,19H2. The fourth-order valence-electron chi connectivity index (χ4n) is 2.24. The van der Waals surface area contributed by atoms with E-state index >= 15 is 0 Å². The zero-order chi connectivity index (χ0) is 15.0. The van der Waals surface area contributed by atoms with E-state index in [-0.39, 0.29) is 11.9 Å². The minimum absolute atomic E-state index is 0.296. The van der Waals surface area contributed by atoms with Crippen molar-refractivity contribution in [3.63, 3.8) is 0 Å². The van der Waals surface area contributed by atoms with Gasteiger partial charge in [-0.1, -0.05) is 31.9 Å². The van der Waals surface area contributed by atoms with Gasteiger partial charge in [-0.05, 0) is 48.0 Å². The van der Waals surface area contributed by atoms with Gasteiger partial charge in [0, 0.05) is 14.3 Å². The predicted molar refractivity (Wildman–Crippen MR) is 87.2 cm³/mol. The number of hydrogen-bond donors (Lipinski definition) is 2. The topological polar surface area (TPSA) is 51.2 Å². The fourth-order valence-corrected chi connectivity index (χ4v) is 3.09. The highest BCUT2D eigenvalue weighted by molar-refractivity contribution is 9.11. The van der Waals surface area contributed by atoms with Crippen LogP contribution in [0.3, 0.4) is 0 Å². The second kappa shape index (κ2) is 5.88. The van der Waals surface area contributed by atoms with E-state index in [9.17, 15) is 4.39 Å². The molecule has 0 aliphatic rings. The fraction of sp³-hybridized carbons (Fsp3) is 0.0667. The van der Waals surface area contributed by atoms with Gasteiger partial charge in [-0.15, -0.1) is 0 Å². The SMILES string of the molecule is NNC(c1cc2cc(F)ccc2o1)c1cc(Br)ccc1Br. The van der Waals surface area contributed by atoms with Crippen LogP contribution >= 0.6 is 31.9 Å². The zero-order valence-electron chi connectivity index (χ0n) is 10.7. The molecule has 1 heterocycles. The quantitative estimate of drug-likeness (QED) is 0.485. The van der Waals surface area contributed by atoms with Crippen LogP contribution in [0.2, 0.25) is 0 Å². The highest BCUT2D eigenvalue weighted by Gasteiger charge is 2.20. The average Bonchev–Trinajstić information content (AvgIpc) is 2.86. The molecule has 108 valence electrons. The Morgan fingerprint density at radius 2 is 1.90 bits per heavy atom. The van der Waals surface area contributed by atoms with Gasteiger partial charge < -0.3 is 4.42 Å². The number of hydrogen-bond acceptors (Lipinski definition) is 3. The summed E-state index contributed by atoms with van der Waals surface area (Å²) in [4.78, 5) is 0. The molecule has 0 fully saturated rings. The smallest absolute Gasteiger partial charge is 0.134 e. The Morgan fingerprint density at radius 3 is 2.67 bits per heavy atom. The van der Waals surface area contributed by atoms with Gasteiger partial charge in [0.25, 0.3) is 0 Å². The number of halogens is 3. The third-order valence-electron chi connectivity index (χ3n) is 3.22. The zero-order valence-corrected chi connectivity index (χ0v) is 13.9. The molecule has 3 N–H and O–H groups in total. The molecule has 0 bridgehead atoms. The van der Waals surface area contributed by atoms with E-state index in [1.54, 1.807) is 12.1 Å². The van der Waals surface area contributed by atoms with Crippen LogP contribution in [0, 0.1) is 5.82 Å². The Hall–Kier alpha value is -1.21. The second-order valence-electron chi connectivity index (χ2n) is 4.60. The van der Waals surface area contributed by atoms with E-state index in [2.05, 4.69) is 37.3 Å². The van der Waals surface area contributed by atoms with E-state index in [0.29, 0.717) is 16.7 Å². The third-order valence-corrected chi connectivity index (χ3v) is 4.43. The molecule has 0 saturated heterocycles. The van der Waals surface area contributed by atoms with Crippen LogP contribution in [0.25, 0.3) is 11.0 Å². The number of nitrogens with one attached hydrogen (secondary N) is 1. The Bertz CT molecular complexity index is 803. The average molecular weight is 414 g/mol. The van der Waals surface area contributed by atoms with Crippen molar-refractivity contribution in [2.45, 2.75) is 6.04 Å². The lowest BCUT2D eigenvalue weighted by molar-refractivity contribution is 0.476. The van der Waals surface area contributed by atoms with Gasteiger partial charge in [-0.25, -0.2) is 9.82 Å². The maximum absolute atomic E-state index is 13.3. The summed E-state index contributed by atoms with van der Waals surface area (Å²) >= 11 is 6.95. The summed E-state index contributed by atoms with van der Waals surface area (Å²) in [5.41, 5.74) is 4.29. The Labute approximate surface area is 137 Å². The van der Waals surface area contributed by atoms with Crippen molar-refractivity contribution in [1.82, 2.24) is 5.43 Å². The van der Waals surface area contributed by atoms with Crippen molar-refractivity contribution in [3.05, 3.63) is 68.6 Å². The van der Waals surface area contributed by atoms with E-state index < -0.39 is 0 Å². The molecule has 0 aliphatic heterocycles. The molecule has 2 aromatic carbocycles. The molecule has 21 heavy (non-hydrogen) atoms. The summed E-state index contributed by atoms with van der Waals surface area (Å²) in [6.07, 6.45) is 0. The first kappa shape index (κ1) is 14.7. The number of rotatable bonds is 3. The summed E-state index contributed by atoms with van der Waals surface area (Å²) < 4.78 is 20.9. The molecule has 1 atom stereocenters. The van der Waals surface area contributed by atoms with E-state index in [0.717, 1.165) is 14.5 Å². The molecule has 0 amide bonds. The van der Waals surface area contributed by atoms with Gasteiger partial charge in [-0.2, -0.15) is 0 Å².